The van der Waals surface area contributed by atoms with Gasteiger partial charge in [-0.1, -0.05) is 27.7 Å². The molecule has 0 rings (SSSR count). The lowest BCUT2D eigenvalue weighted by atomic mass is 9.88. The van der Waals surface area contributed by atoms with Crippen LogP contribution in [-0.2, 0) is 9.59 Å². The van der Waals surface area contributed by atoms with Gasteiger partial charge in [0, 0.05) is 0 Å². The smallest absolute Gasteiger partial charge is 0.343 e. The molecule has 0 aliphatic rings. The van der Waals surface area contributed by atoms with Gasteiger partial charge in [-0.05, 0) is 17.4 Å². The molecule has 0 heterocycles. The van der Waals surface area contributed by atoms with Gasteiger partial charge in [0.25, 0.3) is 0 Å². The third-order valence-electron chi connectivity index (χ3n) is 1.96. The highest BCUT2D eigenvalue weighted by atomic mass is 16.4. The van der Waals surface area contributed by atoms with Gasteiger partial charge in [0.05, 0.1) is 0 Å². The lowest BCUT2D eigenvalue weighted by Crippen LogP contribution is -2.19. The summed E-state index contributed by atoms with van der Waals surface area (Å²) in [5.41, 5.74) is -0.0139. The van der Waals surface area contributed by atoms with Crippen molar-refractivity contribution in [3.05, 3.63) is 11.1 Å². The van der Waals surface area contributed by atoms with Gasteiger partial charge >= 0.3 is 11.9 Å². The van der Waals surface area contributed by atoms with Crippen molar-refractivity contribution >= 4 is 11.9 Å². The van der Waals surface area contributed by atoms with Gasteiger partial charge in [-0.3, -0.25) is 0 Å². The summed E-state index contributed by atoms with van der Waals surface area (Å²) in [5.74, 6) is -2.88. The van der Waals surface area contributed by atoms with Gasteiger partial charge in [0.1, 0.15) is 5.57 Å². The summed E-state index contributed by atoms with van der Waals surface area (Å²) in [6.07, 6.45) is 0. The van der Waals surface area contributed by atoms with Crippen LogP contribution < -0.4 is 0 Å². The van der Waals surface area contributed by atoms with Crippen LogP contribution in [0.1, 0.15) is 27.7 Å². The number of hydrogen-bond donors (Lipinski definition) is 2. The van der Waals surface area contributed by atoms with Crippen LogP contribution in [0.25, 0.3) is 0 Å². The zero-order valence-corrected chi connectivity index (χ0v) is 8.87. The van der Waals surface area contributed by atoms with Gasteiger partial charge < -0.3 is 10.2 Å². The molecule has 14 heavy (non-hydrogen) atoms. The van der Waals surface area contributed by atoms with Crippen LogP contribution in [0.2, 0.25) is 0 Å². The first-order chi connectivity index (χ1) is 6.29. The van der Waals surface area contributed by atoms with Crippen molar-refractivity contribution in [3.63, 3.8) is 0 Å². The van der Waals surface area contributed by atoms with E-state index in [1.807, 2.05) is 0 Å². The summed E-state index contributed by atoms with van der Waals surface area (Å²) >= 11 is 0. The molecule has 0 radical (unpaired) electrons. The van der Waals surface area contributed by atoms with Crippen molar-refractivity contribution in [2.45, 2.75) is 27.7 Å². The van der Waals surface area contributed by atoms with Gasteiger partial charge in [0.15, 0.2) is 0 Å². The second kappa shape index (κ2) is 4.79. The molecule has 4 nitrogen and oxygen atoms in total. The quantitative estimate of drug-likeness (QED) is 0.412. The van der Waals surface area contributed by atoms with Gasteiger partial charge in [-0.2, -0.15) is 0 Å². The van der Waals surface area contributed by atoms with E-state index in [4.69, 9.17) is 10.2 Å². The Labute approximate surface area is 83.2 Å². The van der Waals surface area contributed by atoms with Crippen molar-refractivity contribution in [3.8, 4) is 0 Å². The fourth-order valence-electron chi connectivity index (χ4n) is 1.58. The Morgan fingerprint density at radius 1 is 0.857 bits per heavy atom. The zero-order chi connectivity index (χ0) is 11.5. The molecule has 2 N–H and O–H groups in total. The van der Waals surface area contributed by atoms with Crippen molar-refractivity contribution in [1.29, 1.82) is 0 Å². The molecule has 0 saturated carbocycles. The number of aliphatic carboxylic acids is 2. The fourth-order valence-corrected chi connectivity index (χ4v) is 1.58. The molecule has 0 aromatic rings. The number of carboxylic acid groups (broad SMARTS) is 2. The van der Waals surface area contributed by atoms with Gasteiger partial charge in [-0.25, -0.2) is 9.59 Å². The van der Waals surface area contributed by atoms with E-state index >= 15 is 0 Å². The zero-order valence-electron chi connectivity index (χ0n) is 8.87. The van der Waals surface area contributed by atoms with Crippen LogP contribution in [0.4, 0.5) is 0 Å². The van der Waals surface area contributed by atoms with Crippen molar-refractivity contribution < 1.29 is 19.8 Å². The molecule has 4 heteroatoms. The molecule has 0 atom stereocenters. The van der Waals surface area contributed by atoms with Crippen LogP contribution in [0.3, 0.4) is 0 Å². The van der Waals surface area contributed by atoms with Gasteiger partial charge in [-0.15, -0.1) is 0 Å². The minimum atomic E-state index is -1.37. The van der Waals surface area contributed by atoms with Crippen molar-refractivity contribution in [2.24, 2.45) is 11.8 Å². The first-order valence-corrected chi connectivity index (χ1v) is 4.49. The predicted octanol–water partition coefficient (Wildman–Crippen LogP) is 1.76. The predicted molar refractivity (Wildman–Crippen MR) is 52.0 cm³/mol. The molecule has 0 aliphatic carbocycles. The Kier molecular flexibility index (Phi) is 4.34. The Balaban J connectivity index is 5.51. The lowest BCUT2D eigenvalue weighted by Gasteiger charge is -2.17. The molecule has 80 valence electrons. The normalized spacial score (nSPS) is 10.4. The van der Waals surface area contributed by atoms with Crippen LogP contribution >= 0.6 is 0 Å². The summed E-state index contributed by atoms with van der Waals surface area (Å²) in [7, 11) is 0. The molecular weight excluding hydrogens is 184 g/mol. The van der Waals surface area contributed by atoms with E-state index < -0.39 is 17.5 Å². The number of rotatable bonds is 4. The first-order valence-electron chi connectivity index (χ1n) is 4.49. The molecule has 0 spiro atoms. The summed E-state index contributed by atoms with van der Waals surface area (Å²) in [5, 5.41) is 17.5. The summed E-state index contributed by atoms with van der Waals surface area (Å²) < 4.78 is 0. The maximum absolute atomic E-state index is 10.8. The standard InChI is InChI=1S/C10H16O4/c1-5(2)7(6(3)4)8(9(11)12)10(13)14/h5-6H,1-4H3,(H,11,12)(H,13,14). The molecule has 0 aliphatic heterocycles. The minimum Gasteiger partial charge on any atom is -0.477 e. The van der Waals surface area contributed by atoms with Crippen LogP contribution in [0.15, 0.2) is 11.1 Å². The van der Waals surface area contributed by atoms with Crippen molar-refractivity contribution in [2.75, 3.05) is 0 Å². The van der Waals surface area contributed by atoms with E-state index in [-0.39, 0.29) is 11.8 Å². The van der Waals surface area contributed by atoms with E-state index in [0.29, 0.717) is 5.57 Å². The second-order valence-electron chi connectivity index (χ2n) is 3.75. The number of allylic oxidation sites excluding steroid dienone is 1. The number of carboxylic acids is 2. The van der Waals surface area contributed by atoms with Crippen molar-refractivity contribution in [1.82, 2.24) is 0 Å². The average Bonchev–Trinajstić information content (AvgIpc) is 1.96. The molecule has 0 aromatic heterocycles. The first kappa shape index (κ1) is 12.7. The number of carbonyl (C=O) groups is 2. The van der Waals surface area contributed by atoms with E-state index in [2.05, 4.69) is 0 Å². The van der Waals surface area contributed by atoms with Crippen LogP contribution in [-0.4, -0.2) is 22.2 Å². The molecule has 0 amide bonds. The fraction of sp³-hybridized carbons (Fsp3) is 0.600. The van der Waals surface area contributed by atoms with E-state index in [1.54, 1.807) is 27.7 Å². The summed E-state index contributed by atoms with van der Waals surface area (Å²) in [6.45, 7) is 7.17. The monoisotopic (exact) mass is 200 g/mol. The van der Waals surface area contributed by atoms with Gasteiger partial charge in [0.2, 0.25) is 0 Å². The van der Waals surface area contributed by atoms with Crippen LogP contribution in [0, 0.1) is 11.8 Å². The molecule has 0 fully saturated rings. The average molecular weight is 200 g/mol. The topological polar surface area (TPSA) is 74.6 Å². The largest absolute Gasteiger partial charge is 0.477 e. The van der Waals surface area contributed by atoms with Crippen LogP contribution in [0.5, 0.6) is 0 Å². The van der Waals surface area contributed by atoms with E-state index in [9.17, 15) is 9.59 Å². The maximum atomic E-state index is 10.8. The Morgan fingerprint density at radius 2 is 1.14 bits per heavy atom. The van der Waals surface area contributed by atoms with E-state index in [0.717, 1.165) is 0 Å². The Hall–Kier alpha value is -1.32. The molecule has 0 bridgehead atoms. The SMILES string of the molecule is CC(C)C(=C(C(=O)O)C(=O)O)C(C)C. The third kappa shape index (κ3) is 2.87. The highest BCUT2D eigenvalue weighted by Crippen LogP contribution is 2.23. The lowest BCUT2D eigenvalue weighted by molar-refractivity contribution is -0.140. The molecule has 0 unspecified atom stereocenters. The maximum Gasteiger partial charge on any atom is 0.343 e. The highest BCUT2D eigenvalue weighted by molar-refractivity contribution is 6.13. The third-order valence-corrected chi connectivity index (χ3v) is 1.96. The second-order valence-corrected chi connectivity index (χ2v) is 3.75. The number of hydrogen-bond acceptors (Lipinski definition) is 2. The Bertz CT molecular complexity index is 248. The summed E-state index contributed by atoms with van der Waals surface area (Å²) in [4.78, 5) is 21.5. The minimum absolute atomic E-state index is 0.0720. The molecule has 0 aromatic carbocycles. The Morgan fingerprint density at radius 3 is 1.21 bits per heavy atom. The highest BCUT2D eigenvalue weighted by Gasteiger charge is 2.25. The molecular formula is C10H16O4. The molecule has 0 saturated heterocycles. The van der Waals surface area contributed by atoms with E-state index in [1.165, 1.54) is 0 Å². The summed E-state index contributed by atoms with van der Waals surface area (Å²) in [6, 6.07) is 0.